The van der Waals surface area contributed by atoms with Crippen molar-refractivity contribution in [3.05, 3.63) is 65.7 Å². The number of amides is 1. The Morgan fingerprint density at radius 1 is 0.931 bits per heavy atom. The summed E-state index contributed by atoms with van der Waals surface area (Å²) in [6.45, 7) is 0.285. The number of carbonyl (C=O) groups is 1. The lowest BCUT2D eigenvalue weighted by Gasteiger charge is -2.26. The largest absolute Gasteiger partial charge is 0.489 e. The topological polar surface area (TPSA) is 50.7 Å². The van der Waals surface area contributed by atoms with Crippen molar-refractivity contribution in [2.75, 3.05) is 0 Å². The average molecular weight is 422 g/mol. The summed E-state index contributed by atoms with van der Waals surface area (Å²) in [5, 5.41) is 2.98. The molecule has 0 aliphatic carbocycles. The van der Waals surface area contributed by atoms with Crippen LogP contribution in [0.5, 0.6) is 5.75 Å². The van der Waals surface area contributed by atoms with Crippen molar-refractivity contribution in [1.82, 2.24) is 5.43 Å². The van der Waals surface area contributed by atoms with E-state index in [1.165, 1.54) is 24.3 Å². The molecule has 2 rings (SSSR count). The average Bonchev–Trinajstić information content (AvgIpc) is 2.67. The molecule has 2 aromatic carbocycles. The molecule has 0 bridgehead atoms. The highest BCUT2D eigenvalue weighted by molar-refractivity contribution is 5.87. The first-order valence-corrected chi connectivity index (χ1v) is 7.88. The molecule has 0 fully saturated rings. The zero-order valence-corrected chi connectivity index (χ0v) is 14.4. The van der Waals surface area contributed by atoms with Gasteiger partial charge in [0.25, 0.3) is 0 Å². The Morgan fingerprint density at radius 2 is 1.52 bits per heavy atom. The molecule has 0 spiro atoms. The van der Waals surface area contributed by atoms with Gasteiger partial charge in [0.1, 0.15) is 12.4 Å². The van der Waals surface area contributed by atoms with Gasteiger partial charge in [0.15, 0.2) is 0 Å². The lowest BCUT2D eigenvalue weighted by molar-refractivity contribution is -0.344. The van der Waals surface area contributed by atoms with Crippen LogP contribution in [0.4, 0.5) is 30.7 Å². The molecular formula is C18H13F7N2O2. The summed E-state index contributed by atoms with van der Waals surface area (Å²) in [7, 11) is 0. The van der Waals surface area contributed by atoms with E-state index in [4.69, 9.17) is 4.74 Å². The van der Waals surface area contributed by atoms with Crippen molar-refractivity contribution >= 4 is 12.1 Å². The minimum absolute atomic E-state index is 0.239. The van der Waals surface area contributed by atoms with Crippen molar-refractivity contribution in [1.29, 1.82) is 0 Å². The van der Waals surface area contributed by atoms with Gasteiger partial charge in [-0.3, -0.25) is 4.79 Å². The number of hydrazone groups is 1. The number of hydrogen-bond acceptors (Lipinski definition) is 3. The third kappa shape index (κ3) is 5.24. The number of carbonyl (C=O) groups excluding carboxylic acids is 1. The first kappa shape index (κ1) is 22.2. The van der Waals surface area contributed by atoms with Gasteiger partial charge in [-0.1, -0.05) is 30.3 Å². The Morgan fingerprint density at radius 3 is 2.07 bits per heavy atom. The Hall–Kier alpha value is -3.11. The number of halogens is 7. The molecule has 0 radical (unpaired) electrons. The predicted molar refractivity (Wildman–Crippen MR) is 88.9 cm³/mol. The zero-order chi connectivity index (χ0) is 21.7. The van der Waals surface area contributed by atoms with Crippen LogP contribution in [0.25, 0.3) is 0 Å². The number of rotatable bonds is 7. The van der Waals surface area contributed by atoms with Gasteiger partial charge in [-0.25, -0.2) is 5.43 Å². The maximum atomic E-state index is 13.1. The molecule has 4 nitrogen and oxygen atoms in total. The van der Waals surface area contributed by atoms with E-state index in [0.717, 1.165) is 17.2 Å². The zero-order valence-electron chi connectivity index (χ0n) is 14.4. The van der Waals surface area contributed by atoms with Crippen LogP contribution >= 0.6 is 0 Å². The van der Waals surface area contributed by atoms with Gasteiger partial charge in [-0.15, -0.1) is 0 Å². The second kappa shape index (κ2) is 8.50. The van der Waals surface area contributed by atoms with Crippen LogP contribution in [-0.4, -0.2) is 30.1 Å². The van der Waals surface area contributed by atoms with Gasteiger partial charge < -0.3 is 4.74 Å². The molecule has 0 saturated carbocycles. The fourth-order valence-electron chi connectivity index (χ4n) is 1.95. The first-order valence-electron chi connectivity index (χ1n) is 7.88. The van der Waals surface area contributed by atoms with Crippen molar-refractivity contribution in [3.63, 3.8) is 0 Å². The van der Waals surface area contributed by atoms with Gasteiger partial charge in [-0.2, -0.15) is 35.8 Å². The second-order valence-electron chi connectivity index (χ2n) is 5.69. The van der Waals surface area contributed by atoms with Gasteiger partial charge in [0.2, 0.25) is 0 Å². The van der Waals surface area contributed by atoms with Crippen LogP contribution in [0.1, 0.15) is 11.1 Å². The fraction of sp³-hybridized carbons (Fsp3) is 0.222. The summed E-state index contributed by atoms with van der Waals surface area (Å²) in [5.74, 6) is -15.0. The molecule has 0 aromatic heterocycles. The first-order chi connectivity index (χ1) is 13.4. The molecule has 1 amide bonds. The molecule has 2 aromatic rings. The van der Waals surface area contributed by atoms with Gasteiger partial charge >= 0.3 is 23.9 Å². The van der Waals surface area contributed by atoms with E-state index in [1.807, 2.05) is 30.3 Å². The van der Waals surface area contributed by atoms with E-state index in [2.05, 4.69) is 5.10 Å². The van der Waals surface area contributed by atoms with Crippen LogP contribution in [0, 0.1) is 0 Å². The van der Waals surface area contributed by atoms with Crippen LogP contribution < -0.4 is 10.2 Å². The second-order valence-corrected chi connectivity index (χ2v) is 5.69. The van der Waals surface area contributed by atoms with Gasteiger partial charge in [-0.05, 0) is 35.4 Å². The molecule has 156 valence electrons. The number of benzene rings is 2. The highest BCUT2D eigenvalue weighted by atomic mass is 19.4. The lowest BCUT2D eigenvalue weighted by atomic mass is 10.1. The summed E-state index contributed by atoms with van der Waals surface area (Å²) in [4.78, 5) is 11.0. The summed E-state index contributed by atoms with van der Waals surface area (Å²) in [5.41, 5.74) is 2.13. The van der Waals surface area contributed by atoms with Crippen molar-refractivity contribution in [2.45, 2.75) is 24.6 Å². The highest BCUT2D eigenvalue weighted by Gasteiger charge is 2.76. The van der Waals surface area contributed by atoms with E-state index >= 15 is 0 Å². The molecule has 0 heterocycles. The smallest absolute Gasteiger partial charge is 0.460 e. The fourth-order valence-corrected chi connectivity index (χ4v) is 1.95. The van der Waals surface area contributed by atoms with E-state index in [0.29, 0.717) is 5.75 Å². The summed E-state index contributed by atoms with van der Waals surface area (Å²) in [6.07, 6.45) is -5.81. The third-order valence-electron chi connectivity index (χ3n) is 3.54. The Labute approximate surface area is 160 Å². The Kier molecular flexibility index (Phi) is 6.50. The standard InChI is InChI=1S/C18H13F7N2O2/c19-16(20,17(21,22)18(23,24)25)15(28)27-26-10-12-6-8-14(9-7-12)29-11-13-4-2-1-3-5-13/h1-10H,11H2,(H,27,28). The normalized spacial score (nSPS) is 12.8. The monoisotopic (exact) mass is 422 g/mol. The number of alkyl halides is 7. The van der Waals surface area contributed by atoms with Crippen molar-refractivity contribution in [3.8, 4) is 5.75 Å². The van der Waals surface area contributed by atoms with E-state index in [-0.39, 0.29) is 12.2 Å². The Bertz CT molecular complexity index is 851. The Balaban J connectivity index is 1.94. The van der Waals surface area contributed by atoms with Crippen LogP contribution in [0.2, 0.25) is 0 Å². The minimum Gasteiger partial charge on any atom is -0.489 e. The molecule has 29 heavy (non-hydrogen) atoms. The number of nitrogens with one attached hydrogen (secondary N) is 1. The lowest BCUT2D eigenvalue weighted by Crippen LogP contribution is -2.58. The molecule has 0 aliphatic rings. The number of nitrogens with zero attached hydrogens (tertiary/aromatic N) is 1. The molecular weight excluding hydrogens is 409 g/mol. The van der Waals surface area contributed by atoms with Crippen LogP contribution in [-0.2, 0) is 11.4 Å². The maximum Gasteiger partial charge on any atom is 0.460 e. The van der Waals surface area contributed by atoms with Crippen LogP contribution in [0.3, 0.4) is 0 Å². The van der Waals surface area contributed by atoms with E-state index in [1.54, 1.807) is 0 Å². The minimum atomic E-state index is -6.60. The van der Waals surface area contributed by atoms with Gasteiger partial charge in [0.05, 0.1) is 6.21 Å². The molecule has 1 N–H and O–H groups in total. The summed E-state index contributed by atoms with van der Waals surface area (Å²) >= 11 is 0. The summed E-state index contributed by atoms with van der Waals surface area (Å²) in [6, 6.07) is 15.0. The molecule has 0 unspecified atom stereocenters. The van der Waals surface area contributed by atoms with Crippen molar-refractivity contribution < 1.29 is 40.3 Å². The SMILES string of the molecule is O=C(NN=Cc1ccc(OCc2ccccc2)cc1)C(F)(F)C(F)(F)C(F)(F)F. The molecule has 0 atom stereocenters. The third-order valence-corrected chi connectivity index (χ3v) is 3.54. The number of ether oxygens (including phenoxy) is 1. The maximum absolute atomic E-state index is 13.1. The summed E-state index contributed by atoms with van der Waals surface area (Å²) < 4.78 is 93.3. The van der Waals surface area contributed by atoms with Gasteiger partial charge in [0, 0.05) is 0 Å². The molecule has 11 heteroatoms. The van der Waals surface area contributed by atoms with Crippen molar-refractivity contribution in [2.24, 2.45) is 5.10 Å². The molecule has 0 aliphatic heterocycles. The molecule has 0 saturated heterocycles. The van der Waals surface area contributed by atoms with E-state index in [9.17, 15) is 35.5 Å². The number of hydrogen-bond donors (Lipinski definition) is 1. The highest BCUT2D eigenvalue weighted by Crippen LogP contribution is 2.46. The van der Waals surface area contributed by atoms with Crippen LogP contribution in [0.15, 0.2) is 59.7 Å². The predicted octanol–water partition coefficient (Wildman–Crippen LogP) is 4.55. The van der Waals surface area contributed by atoms with E-state index < -0.39 is 23.9 Å². The quantitative estimate of drug-likeness (QED) is 0.405.